The van der Waals surface area contributed by atoms with Crippen molar-refractivity contribution < 1.29 is 27.9 Å². The van der Waals surface area contributed by atoms with Gasteiger partial charge >= 0.3 is 5.97 Å². The molecule has 2 aromatic rings. The van der Waals surface area contributed by atoms with Crippen LogP contribution in [0.4, 0.5) is 5.95 Å². The minimum atomic E-state index is -3.68. The van der Waals surface area contributed by atoms with E-state index >= 15 is 0 Å². The van der Waals surface area contributed by atoms with Crippen LogP contribution >= 0.6 is 0 Å². The van der Waals surface area contributed by atoms with Crippen LogP contribution in [0.3, 0.4) is 0 Å². The molecule has 0 spiro atoms. The lowest BCUT2D eigenvalue weighted by Crippen LogP contribution is -2.39. The number of aromatic nitrogens is 2. The summed E-state index contributed by atoms with van der Waals surface area (Å²) in [5.41, 5.74) is 1.68. The fourth-order valence-electron chi connectivity index (χ4n) is 3.56. The Morgan fingerprint density at radius 1 is 1.26 bits per heavy atom. The van der Waals surface area contributed by atoms with E-state index in [2.05, 4.69) is 25.5 Å². The molecule has 2 aliphatic carbocycles. The highest BCUT2D eigenvalue weighted by Gasteiger charge is 2.28. The van der Waals surface area contributed by atoms with Gasteiger partial charge in [0.25, 0.3) is 0 Å². The first-order valence-electron chi connectivity index (χ1n) is 10.4. The van der Waals surface area contributed by atoms with Gasteiger partial charge < -0.3 is 15.4 Å². The van der Waals surface area contributed by atoms with Gasteiger partial charge in [0, 0.05) is 35.5 Å². The van der Waals surface area contributed by atoms with Crippen molar-refractivity contribution in [2.24, 2.45) is 15.4 Å². The van der Waals surface area contributed by atoms with Crippen molar-refractivity contribution in [2.45, 2.75) is 24.1 Å². The van der Waals surface area contributed by atoms with Gasteiger partial charge in [-0.2, -0.15) is 0 Å². The number of sulfonamides is 1. The number of carbonyl (C=O) groups is 3. The van der Waals surface area contributed by atoms with E-state index in [9.17, 15) is 27.9 Å². The third-order valence-corrected chi connectivity index (χ3v) is 6.54. The molecule has 1 aromatic carbocycles. The average Bonchev–Trinajstić information content (AvgIpc) is 3.27. The molecule has 2 atom stereocenters. The van der Waals surface area contributed by atoms with E-state index in [1.807, 2.05) is 0 Å². The maximum Gasteiger partial charge on any atom is 0.326 e. The number of aliphatic carboxylic acids is 1. The van der Waals surface area contributed by atoms with E-state index in [4.69, 9.17) is 5.14 Å². The topological polar surface area (TPSA) is 197 Å². The Balaban J connectivity index is 1.45. The van der Waals surface area contributed by atoms with Gasteiger partial charge in [-0.15, -0.1) is 10.2 Å². The summed E-state index contributed by atoms with van der Waals surface area (Å²) in [7, 11) is -3.68. The number of hydrogen-bond acceptors (Lipinski definition) is 9. The number of carboxylic acid groups (broad SMARTS) is 1. The zero-order chi connectivity index (χ0) is 25.2. The molecule has 0 bridgehead atoms. The number of nitrogens with one attached hydrogen (secondary N) is 2. The van der Waals surface area contributed by atoms with Crippen molar-refractivity contribution in [3.05, 3.63) is 77.3 Å². The predicted molar refractivity (Wildman–Crippen MR) is 124 cm³/mol. The van der Waals surface area contributed by atoms with E-state index in [-0.39, 0.29) is 30.1 Å². The number of Topliss-reactive ketones (excluding diaryl/α,β-unsaturated/α-hetero) is 1. The Morgan fingerprint density at radius 3 is 2.66 bits per heavy atom. The highest BCUT2D eigenvalue weighted by Crippen LogP contribution is 2.24. The van der Waals surface area contributed by atoms with Crippen LogP contribution in [0.25, 0.3) is 5.70 Å². The zero-order valence-electron chi connectivity index (χ0n) is 18.1. The molecule has 1 heterocycles. The summed E-state index contributed by atoms with van der Waals surface area (Å²) in [5.74, 6) is -2.45. The molecule has 1 aromatic heterocycles. The number of carbonyl (C=O) groups excluding carboxylic acids is 2. The third-order valence-electron chi connectivity index (χ3n) is 5.34. The largest absolute Gasteiger partial charge is 0.480 e. The van der Waals surface area contributed by atoms with Gasteiger partial charge in [-0.3, -0.25) is 9.59 Å². The number of nitrogens with two attached hydrogens (primary N) is 1. The first-order valence-corrected chi connectivity index (χ1v) is 12.0. The first-order chi connectivity index (χ1) is 16.6. The number of allylic oxidation sites excluding steroid dienone is 3. The lowest BCUT2D eigenvalue weighted by Gasteiger charge is -2.21. The van der Waals surface area contributed by atoms with Crippen LogP contribution in [0, 0.1) is 0 Å². The minimum absolute atomic E-state index is 0.0539. The summed E-state index contributed by atoms with van der Waals surface area (Å²) in [6.45, 7) is 0. The van der Waals surface area contributed by atoms with Crippen LogP contribution in [0.5, 0.6) is 0 Å². The van der Waals surface area contributed by atoms with Gasteiger partial charge in [-0.1, -0.05) is 36.4 Å². The summed E-state index contributed by atoms with van der Waals surface area (Å²) in [4.78, 5) is 43.0. The molecule has 0 fully saturated rings. The fourth-order valence-corrected chi connectivity index (χ4v) is 4.22. The Hall–Kier alpha value is -4.23. The second kappa shape index (κ2) is 9.56. The number of primary sulfonamides is 1. The van der Waals surface area contributed by atoms with Crippen molar-refractivity contribution in [1.29, 1.82) is 0 Å². The van der Waals surface area contributed by atoms with Gasteiger partial charge in [0.05, 0.1) is 16.6 Å². The third kappa shape index (κ3) is 5.47. The van der Waals surface area contributed by atoms with E-state index in [1.54, 1.807) is 24.3 Å². The number of ketones is 2. The van der Waals surface area contributed by atoms with Crippen molar-refractivity contribution in [1.82, 2.24) is 15.3 Å². The molecule has 0 radical (unpaired) electrons. The fraction of sp³-hybridized carbons (Fsp3) is 0.182. The maximum atomic E-state index is 12.1. The lowest BCUT2D eigenvalue weighted by atomic mass is 9.92. The summed E-state index contributed by atoms with van der Waals surface area (Å²) in [6, 6.07) is 5.30. The van der Waals surface area contributed by atoms with Gasteiger partial charge in [0.2, 0.25) is 27.5 Å². The van der Waals surface area contributed by atoms with Gasteiger partial charge in [-0.05, 0) is 12.5 Å². The van der Waals surface area contributed by atoms with E-state index in [1.165, 1.54) is 24.4 Å². The molecule has 0 saturated carbocycles. The molecule has 180 valence electrons. The Bertz CT molecular complexity index is 1440. The normalized spacial score (nSPS) is 18.7. The van der Waals surface area contributed by atoms with Crippen LogP contribution in [0.2, 0.25) is 0 Å². The van der Waals surface area contributed by atoms with Crippen LogP contribution in [0.1, 0.15) is 28.0 Å². The van der Waals surface area contributed by atoms with E-state index in [0.29, 0.717) is 17.0 Å². The number of nitrogens with zero attached hydrogens (tertiary/aromatic N) is 3. The molecule has 0 saturated heterocycles. The van der Waals surface area contributed by atoms with Crippen molar-refractivity contribution in [2.75, 3.05) is 0 Å². The van der Waals surface area contributed by atoms with Gasteiger partial charge in [0.15, 0.2) is 0 Å². The molecular weight excluding hydrogens is 476 g/mol. The SMILES string of the molecule is NS(=O)(=O)C1C=CC(/N=N/c2nc(CC(NC3=CC(=O)C(=O)c4ccccc43)C(=O)O)c[nH]2)=CC1. The number of H-pyrrole nitrogens is 1. The first kappa shape index (κ1) is 23.9. The van der Waals surface area contributed by atoms with Gasteiger partial charge in [-0.25, -0.2) is 23.3 Å². The highest BCUT2D eigenvalue weighted by atomic mass is 32.2. The molecule has 0 amide bonds. The highest BCUT2D eigenvalue weighted by molar-refractivity contribution is 7.89. The lowest BCUT2D eigenvalue weighted by molar-refractivity contribution is -0.139. The molecule has 2 aliphatic rings. The molecule has 0 aliphatic heterocycles. The zero-order valence-corrected chi connectivity index (χ0v) is 18.9. The second-order valence-corrected chi connectivity index (χ2v) is 9.59. The Labute approximate surface area is 199 Å². The Kier molecular flexibility index (Phi) is 6.53. The maximum absolute atomic E-state index is 12.1. The molecule has 12 nitrogen and oxygen atoms in total. The van der Waals surface area contributed by atoms with Crippen molar-refractivity contribution in [3.8, 4) is 0 Å². The average molecular weight is 497 g/mol. The summed E-state index contributed by atoms with van der Waals surface area (Å²) >= 11 is 0. The molecule has 5 N–H and O–H groups in total. The quantitative estimate of drug-likeness (QED) is 0.310. The van der Waals surface area contributed by atoms with Crippen LogP contribution in [0.15, 0.2) is 70.7 Å². The standard InChI is InChI=1S/C22H20N6O6S/c23-35(33,34)14-7-5-12(6-8-14)27-28-22-24-11-13(25-22)9-18(21(31)32)26-17-10-19(29)20(30)16-4-2-1-3-15(16)17/h1-7,10-11,14,18,26H,8-9H2,(H,24,25)(H,31,32)(H2,23,33,34)/b28-27+. The van der Waals surface area contributed by atoms with Crippen molar-refractivity contribution >= 4 is 39.2 Å². The number of fused-ring (bicyclic) bond motifs is 1. The van der Waals surface area contributed by atoms with E-state index < -0.39 is 38.9 Å². The minimum Gasteiger partial charge on any atom is -0.480 e. The van der Waals surface area contributed by atoms with Crippen molar-refractivity contribution in [3.63, 3.8) is 0 Å². The van der Waals surface area contributed by atoms with Crippen LogP contribution < -0.4 is 10.5 Å². The number of hydrogen-bond donors (Lipinski definition) is 4. The predicted octanol–water partition coefficient (Wildman–Crippen LogP) is 1.39. The number of rotatable bonds is 8. The number of carboxylic acids is 1. The summed E-state index contributed by atoms with van der Waals surface area (Å²) in [6.07, 6.45) is 7.18. The second-order valence-electron chi connectivity index (χ2n) is 7.80. The van der Waals surface area contributed by atoms with Crippen LogP contribution in [-0.4, -0.2) is 52.3 Å². The summed E-state index contributed by atoms with van der Waals surface area (Å²) in [5, 5.41) is 24.8. The smallest absolute Gasteiger partial charge is 0.326 e. The molecule has 4 rings (SSSR count). The number of imidazole rings is 1. The molecule has 2 unspecified atom stereocenters. The molecule has 13 heteroatoms. The number of aromatic amines is 1. The molecule has 35 heavy (non-hydrogen) atoms. The number of azo groups is 1. The molecular formula is C22H20N6O6S. The monoisotopic (exact) mass is 496 g/mol. The number of benzene rings is 1. The summed E-state index contributed by atoms with van der Waals surface area (Å²) < 4.78 is 22.7. The van der Waals surface area contributed by atoms with E-state index in [0.717, 1.165) is 6.08 Å². The van der Waals surface area contributed by atoms with Crippen LogP contribution in [-0.2, 0) is 26.0 Å². The van der Waals surface area contributed by atoms with Gasteiger partial charge in [0.1, 0.15) is 6.04 Å². The Morgan fingerprint density at radius 2 is 2.00 bits per heavy atom.